The van der Waals surface area contributed by atoms with Crippen molar-refractivity contribution in [3.63, 3.8) is 0 Å². The lowest BCUT2D eigenvalue weighted by atomic mass is 10.0. The summed E-state index contributed by atoms with van der Waals surface area (Å²) in [5, 5.41) is 5.66. The van der Waals surface area contributed by atoms with Crippen molar-refractivity contribution in [3.05, 3.63) is 23.8 Å². The summed E-state index contributed by atoms with van der Waals surface area (Å²) in [5.74, 6) is -0.242. The molecule has 0 spiro atoms. The molecule has 1 aliphatic carbocycles. The van der Waals surface area contributed by atoms with Crippen LogP contribution < -0.4 is 10.6 Å². The number of anilines is 1. The predicted octanol–water partition coefficient (Wildman–Crippen LogP) is 1.00. The number of sulfonamides is 1. The molecule has 2 heterocycles. The summed E-state index contributed by atoms with van der Waals surface area (Å²) < 4.78 is 27.4. The first-order valence-corrected chi connectivity index (χ1v) is 10.1. The van der Waals surface area contributed by atoms with E-state index in [0.29, 0.717) is 37.9 Å². The van der Waals surface area contributed by atoms with Crippen molar-refractivity contribution in [2.75, 3.05) is 11.9 Å². The number of fused-ring (bicyclic) bond motifs is 1. The van der Waals surface area contributed by atoms with Gasteiger partial charge in [-0.1, -0.05) is 0 Å². The summed E-state index contributed by atoms with van der Waals surface area (Å²) in [5.41, 5.74) is 1.48. The number of hydrogen-bond acceptors (Lipinski definition) is 4. The highest BCUT2D eigenvalue weighted by atomic mass is 32.2. The Labute approximate surface area is 146 Å². The molecule has 2 N–H and O–H groups in total. The second kappa shape index (κ2) is 6.10. The number of hydrogen-bond donors (Lipinski definition) is 2. The standard InChI is InChI=1S/C17H21N3O4S/c21-16-8-3-11-10-13(6-7-14(11)19-16)25(23,24)20-9-1-2-15(20)17(22)18-12-4-5-12/h6-7,10,12,15H,1-5,8-9H2,(H,18,22)(H,19,21). The summed E-state index contributed by atoms with van der Waals surface area (Å²) in [4.78, 5) is 24.0. The van der Waals surface area contributed by atoms with Crippen molar-refractivity contribution in [1.29, 1.82) is 0 Å². The average Bonchev–Trinajstić information content (AvgIpc) is 3.25. The smallest absolute Gasteiger partial charge is 0.243 e. The lowest BCUT2D eigenvalue weighted by Crippen LogP contribution is -2.46. The summed E-state index contributed by atoms with van der Waals surface area (Å²) in [6.45, 7) is 0.360. The Hall–Kier alpha value is -1.93. The van der Waals surface area contributed by atoms with Gasteiger partial charge < -0.3 is 10.6 Å². The van der Waals surface area contributed by atoms with Gasteiger partial charge in [0.25, 0.3) is 0 Å². The van der Waals surface area contributed by atoms with Gasteiger partial charge >= 0.3 is 0 Å². The zero-order chi connectivity index (χ0) is 17.6. The highest BCUT2D eigenvalue weighted by molar-refractivity contribution is 7.89. The molecule has 2 amide bonds. The van der Waals surface area contributed by atoms with Crippen molar-refractivity contribution in [2.45, 2.75) is 55.5 Å². The van der Waals surface area contributed by atoms with Crippen molar-refractivity contribution in [3.8, 4) is 0 Å². The van der Waals surface area contributed by atoms with Gasteiger partial charge in [0.2, 0.25) is 21.8 Å². The Morgan fingerprint density at radius 1 is 1.20 bits per heavy atom. The molecule has 1 unspecified atom stereocenters. The van der Waals surface area contributed by atoms with E-state index >= 15 is 0 Å². The predicted molar refractivity (Wildman–Crippen MR) is 91.5 cm³/mol. The van der Waals surface area contributed by atoms with E-state index in [0.717, 1.165) is 18.4 Å². The summed E-state index contributed by atoms with van der Waals surface area (Å²) >= 11 is 0. The molecule has 4 rings (SSSR count). The van der Waals surface area contributed by atoms with Crippen LogP contribution in [0.25, 0.3) is 0 Å². The van der Waals surface area contributed by atoms with Crippen LogP contribution in [-0.2, 0) is 26.0 Å². The molecule has 0 bridgehead atoms. The van der Waals surface area contributed by atoms with E-state index in [1.54, 1.807) is 12.1 Å². The van der Waals surface area contributed by atoms with E-state index in [1.165, 1.54) is 10.4 Å². The summed E-state index contributed by atoms with van der Waals surface area (Å²) in [6.07, 6.45) is 4.06. The van der Waals surface area contributed by atoms with Crippen LogP contribution in [0.1, 0.15) is 37.7 Å². The number of carbonyl (C=O) groups is 2. The first-order chi connectivity index (χ1) is 11.9. The molecule has 1 saturated heterocycles. The lowest BCUT2D eigenvalue weighted by molar-refractivity contribution is -0.124. The van der Waals surface area contributed by atoms with Crippen LogP contribution in [0.3, 0.4) is 0 Å². The number of nitrogens with one attached hydrogen (secondary N) is 2. The van der Waals surface area contributed by atoms with Gasteiger partial charge in [0.15, 0.2) is 0 Å². The maximum absolute atomic E-state index is 13.1. The first-order valence-electron chi connectivity index (χ1n) is 8.70. The Bertz CT molecular complexity index is 832. The van der Waals surface area contributed by atoms with Crippen molar-refractivity contribution in [1.82, 2.24) is 9.62 Å². The normalized spacial score (nSPS) is 23.8. The van der Waals surface area contributed by atoms with Gasteiger partial charge in [-0.15, -0.1) is 0 Å². The topological polar surface area (TPSA) is 95.6 Å². The number of nitrogens with zero attached hydrogens (tertiary/aromatic N) is 1. The van der Waals surface area contributed by atoms with Crippen molar-refractivity contribution < 1.29 is 18.0 Å². The zero-order valence-electron chi connectivity index (χ0n) is 13.8. The first kappa shape index (κ1) is 16.5. The van der Waals surface area contributed by atoms with E-state index in [2.05, 4.69) is 10.6 Å². The van der Waals surface area contributed by atoms with Crippen LogP contribution in [0.15, 0.2) is 23.1 Å². The van der Waals surface area contributed by atoms with E-state index in [9.17, 15) is 18.0 Å². The average molecular weight is 363 g/mol. The molecule has 0 radical (unpaired) electrons. The Morgan fingerprint density at radius 2 is 2.00 bits per heavy atom. The molecule has 134 valence electrons. The minimum Gasteiger partial charge on any atom is -0.352 e. The molecule has 2 aliphatic heterocycles. The minimum atomic E-state index is -3.74. The van der Waals surface area contributed by atoms with Gasteiger partial charge in [0.1, 0.15) is 6.04 Å². The molecule has 1 aromatic carbocycles. The van der Waals surface area contributed by atoms with Gasteiger partial charge in [0, 0.05) is 24.7 Å². The highest BCUT2D eigenvalue weighted by Gasteiger charge is 2.41. The van der Waals surface area contributed by atoms with Crippen LogP contribution in [0.5, 0.6) is 0 Å². The van der Waals surface area contributed by atoms with Crippen LogP contribution in [0, 0.1) is 0 Å². The molecule has 25 heavy (non-hydrogen) atoms. The fourth-order valence-corrected chi connectivity index (χ4v) is 5.18. The fraction of sp³-hybridized carbons (Fsp3) is 0.529. The molecule has 7 nitrogen and oxygen atoms in total. The van der Waals surface area contributed by atoms with Crippen LogP contribution in [-0.4, -0.2) is 43.2 Å². The molecule has 0 aromatic heterocycles. The Morgan fingerprint density at radius 3 is 2.76 bits per heavy atom. The monoisotopic (exact) mass is 363 g/mol. The maximum atomic E-state index is 13.1. The van der Waals surface area contributed by atoms with Gasteiger partial charge in [0.05, 0.1) is 4.90 Å². The number of amides is 2. The van der Waals surface area contributed by atoms with E-state index in [4.69, 9.17) is 0 Å². The fourth-order valence-electron chi connectivity index (χ4n) is 3.47. The summed E-state index contributed by atoms with van der Waals surface area (Å²) in [7, 11) is -3.74. The van der Waals surface area contributed by atoms with E-state index in [-0.39, 0.29) is 22.8 Å². The number of rotatable bonds is 4. The maximum Gasteiger partial charge on any atom is 0.243 e. The third kappa shape index (κ3) is 3.16. The van der Waals surface area contributed by atoms with Crippen LogP contribution >= 0.6 is 0 Å². The number of aryl methyl sites for hydroxylation is 1. The third-order valence-corrected chi connectivity index (χ3v) is 6.91. The second-order valence-electron chi connectivity index (χ2n) is 6.92. The van der Waals surface area contributed by atoms with Gasteiger partial charge in [-0.05, 0) is 55.9 Å². The van der Waals surface area contributed by atoms with E-state index < -0.39 is 16.1 Å². The molecule has 1 aromatic rings. The SMILES string of the molecule is O=C1CCc2cc(S(=O)(=O)N3CCCC3C(=O)NC3CC3)ccc2N1. The third-order valence-electron chi connectivity index (χ3n) is 5.01. The number of benzene rings is 1. The van der Waals surface area contributed by atoms with Gasteiger partial charge in [-0.25, -0.2) is 8.42 Å². The largest absolute Gasteiger partial charge is 0.352 e. The molecule has 2 fully saturated rings. The zero-order valence-corrected chi connectivity index (χ0v) is 14.6. The minimum absolute atomic E-state index is 0.0561. The second-order valence-corrected chi connectivity index (χ2v) is 8.81. The molecular formula is C17H21N3O4S. The Kier molecular flexibility index (Phi) is 4.04. The molecular weight excluding hydrogens is 342 g/mol. The highest BCUT2D eigenvalue weighted by Crippen LogP contribution is 2.31. The van der Waals surface area contributed by atoms with Crippen molar-refractivity contribution >= 4 is 27.5 Å². The van der Waals surface area contributed by atoms with E-state index in [1.807, 2.05) is 0 Å². The summed E-state index contributed by atoms with van der Waals surface area (Å²) in [6, 6.07) is 4.35. The molecule has 8 heteroatoms. The van der Waals surface area contributed by atoms with Crippen LogP contribution in [0.4, 0.5) is 5.69 Å². The Balaban J connectivity index is 1.60. The molecule has 1 saturated carbocycles. The molecule has 1 atom stereocenters. The lowest BCUT2D eigenvalue weighted by Gasteiger charge is -2.24. The van der Waals surface area contributed by atoms with Crippen LogP contribution in [0.2, 0.25) is 0 Å². The van der Waals surface area contributed by atoms with Gasteiger partial charge in [-0.2, -0.15) is 4.31 Å². The quantitative estimate of drug-likeness (QED) is 0.834. The van der Waals surface area contributed by atoms with Crippen molar-refractivity contribution in [2.24, 2.45) is 0 Å². The van der Waals surface area contributed by atoms with Gasteiger partial charge in [-0.3, -0.25) is 9.59 Å². The molecule has 3 aliphatic rings. The number of carbonyl (C=O) groups excluding carboxylic acids is 2.